The van der Waals surface area contributed by atoms with Crippen LogP contribution in [0.2, 0.25) is 0 Å². The van der Waals surface area contributed by atoms with Crippen LogP contribution in [0.25, 0.3) is 0 Å². The Bertz CT molecular complexity index is 566. The fourth-order valence-electron chi connectivity index (χ4n) is 3.21. The first-order valence-corrected chi connectivity index (χ1v) is 8.98. The highest BCUT2D eigenvalue weighted by Crippen LogP contribution is 2.42. The Hall–Kier alpha value is -1.29. The third kappa shape index (κ3) is 3.37. The number of rotatable bonds is 2. The van der Waals surface area contributed by atoms with Gasteiger partial charge in [0.05, 0.1) is 6.16 Å². The molecule has 120 valence electrons. The second-order valence-corrected chi connectivity index (χ2v) is 7.17. The fourth-order valence-corrected chi connectivity index (χ4v) is 3.66. The van der Waals surface area contributed by atoms with Crippen molar-refractivity contribution in [2.24, 2.45) is 5.92 Å². The molecular formula is C15H21F2N4P. The minimum atomic E-state index is -2.93. The summed E-state index contributed by atoms with van der Waals surface area (Å²) in [5, 5.41) is 8.39. The number of aromatic nitrogens is 1. The Labute approximate surface area is 131 Å². The molecule has 0 bridgehead atoms. The van der Waals surface area contributed by atoms with Gasteiger partial charge in [-0.3, -0.25) is 10.4 Å². The van der Waals surface area contributed by atoms with Crippen molar-refractivity contribution in [3.63, 3.8) is 0 Å². The molecular weight excluding hydrogens is 305 g/mol. The third-order valence-electron chi connectivity index (χ3n) is 4.42. The Morgan fingerprint density at radius 1 is 1.41 bits per heavy atom. The van der Waals surface area contributed by atoms with Crippen LogP contribution in [0.4, 0.5) is 8.39 Å². The summed E-state index contributed by atoms with van der Waals surface area (Å²) in [6.45, 7) is 5.48. The van der Waals surface area contributed by atoms with E-state index in [0.29, 0.717) is 24.0 Å². The maximum absolute atomic E-state index is 12.6. The summed E-state index contributed by atoms with van der Waals surface area (Å²) in [5.41, 5.74) is 2.60. The zero-order valence-corrected chi connectivity index (χ0v) is 13.6. The van der Waals surface area contributed by atoms with Crippen LogP contribution >= 0.6 is 8.54 Å². The summed E-state index contributed by atoms with van der Waals surface area (Å²) < 4.78 is 25.2. The van der Waals surface area contributed by atoms with Crippen molar-refractivity contribution in [1.82, 2.24) is 14.8 Å². The number of fused-ring (bicyclic) bond motifs is 1. The number of likely N-dealkylation sites (tertiary alicyclic amines) is 1. The number of hydrogen-bond acceptors (Lipinski definition) is 2. The summed E-state index contributed by atoms with van der Waals surface area (Å²) in [6, 6.07) is 1.85. The first-order chi connectivity index (χ1) is 10.5. The average molecular weight is 326 g/mol. The quantitative estimate of drug-likeness (QED) is 0.514. The van der Waals surface area contributed by atoms with E-state index in [1.54, 1.807) is 6.20 Å². The number of nitrogens with one attached hydrogen (secondary N) is 1. The lowest BCUT2D eigenvalue weighted by atomic mass is 10.0. The minimum absolute atomic E-state index is 0.184. The van der Waals surface area contributed by atoms with E-state index in [1.807, 2.05) is 11.0 Å². The molecule has 3 rings (SSSR count). The molecule has 1 fully saturated rings. The molecule has 4 nitrogen and oxygen atoms in total. The number of halogens is 2. The molecule has 1 unspecified atom stereocenters. The van der Waals surface area contributed by atoms with Gasteiger partial charge in [-0.05, 0) is 23.5 Å². The van der Waals surface area contributed by atoms with Crippen LogP contribution in [0.15, 0.2) is 12.3 Å². The molecule has 0 amide bonds. The molecule has 2 aliphatic rings. The standard InChI is InChI=1S/C15H21F2N4P/c1-11-2-4-20(8-11)15(18)21-5-3-14-13(9-21)6-12(7-19-14)10-22(16)17/h6-7,11,18H,2-5,8-10H2,1H3. The van der Waals surface area contributed by atoms with Crippen LogP contribution in [0.5, 0.6) is 0 Å². The highest BCUT2D eigenvalue weighted by atomic mass is 31.2. The molecule has 1 aromatic rings. The van der Waals surface area contributed by atoms with Crippen LogP contribution in [-0.4, -0.2) is 40.4 Å². The largest absolute Gasteiger partial charge is 0.343 e. The number of nitrogens with zero attached hydrogens (tertiary/aromatic N) is 3. The highest BCUT2D eigenvalue weighted by Gasteiger charge is 2.27. The summed E-state index contributed by atoms with van der Waals surface area (Å²) in [7, 11) is -2.93. The van der Waals surface area contributed by atoms with E-state index in [0.717, 1.165) is 43.7 Å². The fraction of sp³-hybridized carbons (Fsp3) is 0.600. The molecule has 0 spiro atoms. The van der Waals surface area contributed by atoms with Gasteiger partial charge in [-0.25, -0.2) is 0 Å². The third-order valence-corrected chi connectivity index (χ3v) is 5.03. The molecule has 22 heavy (non-hydrogen) atoms. The maximum atomic E-state index is 12.6. The summed E-state index contributed by atoms with van der Waals surface area (Å²) >= 11 is 0. The molecule has 0 radical (unpaired) electrons. The van der Waals surface area contributed by atoms with Crippen LogP contribution in [0.3, 0.4) is 0 Å². The monoisotopic (exact) mass is 326 g/mol. The van der Waals surface area contributed by atoms with Gasteiger partial charge in [0.1, 0.15) is 0 Å². The Kier molecular flexibility index (Phi) is 4.57. The molecule has 3 heterocycles. The van der Waals surface area contributed by atoms with E-state index < -0.39 is 8.54 Å². The zero-order valence-electron chi connectivity index (χ0n) is 12.7. The van der Waals surface area contributed by atoms with Gasteiger partial charge in [0.25, 0.3) is 8.54 Å². The van der Waals surface area contributed by atoms with Crippen LogP contribution < -0.4 is 0 Å². The van der Waals surface area contributed by atoms with Crippen molar-refractivity contribution in [3.8, 4) is 0 Å². The smallest absolute Gasteiger partial charge is 0.270 e. The second kappa shape index (κ2) is 6.45. The van der Waals surface area contributed by atoms with E-state index in [2.05, 4.69) is 16.8 Å². The first kappa shape index (κ1) is 15.6. The molecule has 2 aliphatic heterocycles. The van der Waals surface area contributed by atoms with Gasteiger partial charge in [-0.2, -0.15) is 8.39 Å². The second-order valence-electron chi connectivity index (χ2n) is 6.25. The molecule has 0 aliphatic carbocycles. The van der Waals surface area contributed by atoms with Gasteiger partial charge < -0.3 is 9.80 Å². The van der Waals surface area contributed by atoms with Gasteiger partial charge in [0.15, 0.2) is 5.96 Å². The SMILES string of the molecule is CC1CCN(C(=N)N2CCc3ncc(CP(F)F)cc3C2)C1. The van der Waals surface area contributed by atoms with Gasteiger partial charge in [0.2, 0.25) is 0 Å². The molecule has 1 atom stereocenters. The predicted octanol–water partition coefficient (Wildman–Crippen LogP) is 3.47. The minimum Gasteiger partial charge on any atom is -0.343 e. The molecule has 7 heteroatoms. The highest BCUT2D eigenvalue weighted by molar-refractivity contribution is 7.45. The predicted molar refractivity (Wildman–Crippen MR) is 84.3 cm³/mol. The van der Waals surface area contributed by atoms with Crippen molar-refractivity contribution in [2.45, 2.75) is 32.5 Å². The van der Waals surface area contributed by atoms with E-state index in [9.17, 15) is 8.39 Å². The van der Waals surface area contributed by atoms with E-state index in [-0.39, 0.29) is 6.16 Å². The number of hydrogen-bond donors (Lipinski definition) is 1. The van der Waals surface area contributed by atoms with Crippen molar-refractivity contribution in [1.29, 1.82) is 5.41 Å². The molecule has 1 saturated heterocycles. The number of pyridine rings is 1. The van der Waals surface area contributed by atoms with Gasteiger partial charge >= 0.3 is 0 Å². The maximum Gasteiger partial charge on any atom is 0.270 e. The summed E-state index contributed by atoms with van der Waals surface area (Å²) in [4.78, 5) is 8.50. The Morgan fingerprint density at radius 3 is 2.91 bits per heavy atom. The van der Waals surface area contributed by atoms with Gasteiger partial charge in [-0.15, -0.1) is 0 Å². The van der Waals surface area contributed by atoms with Gasteiger partial charge in [0, 0.05) is 44.5 Å². The van der Waals surface area contributed by atoms with E-state index >= 15 is 0 Å². The normalized spacial score (nSPS) is 21.4. The summed E-state index contributed by atoms with van der Waals surface area (Å²) in [5.74, 6) is 1.21. The van der Waals surface area contributed by atoms with Crippen LogP contribution in [0.1, 0.15) is 30.2 Å². The van der Waals surface area contributed by atoms with E-state index in [4.69, 9.17) is 5.41 Å². The van der Waals surface area contributed by atoms with Gasteiger partial charge in [-0.1, -0.05) is 13.0 Å². The zero-order chi connectivity index (χ0) is 15.7. The van der Waals surface area contributed by atoms with Crippen molar-refractivity contribution in [3.05, 3.63) is 29.1 Å². The Balaban J connectivity index is 1.70. The van der Waals surface area contributed by atoms with Crippen molar-refractivity contribution in [2.75, 3.05) is 19.6 Å². The molecule has 0 saturated carbocycles. The Morgan fingerprint density at radius 2 is 2.23 bits per heavy atom. The lowest BCUT2D eigenvalue weighted by Gasteiger charge is -2.34. The number of guanidine groups is 1. The lowest BCUT2D eigenvalue weighted by molar-refractivity contribution is 0.319. The first-order valence-electron chi connectivity index (χ1n) is 7.67. The van der Waals surface area contributed by atoms with E-state index in [1.165, 1.54) is 0 Å². The lowest BCUT2D eigenvalue weighted by Crippen LogP contribution is -2.45. The van der Waals surface area contributed by atoms with Crippen LogP contribution in [-0.2, 0) is 19.1 Å². The molecule has 0 aromatic carbocycles. The van der Waals surface area contributed by atoms with Crippen LogP contribution in [0, 0.1) is 11.3 Å². The average Bonchev–Trinajstić information content (AvgIpc) is 2.91. The van der Waals surface area contributed by atoms with Crippen molar-refractivity contribution < 1.29 is 8.39 Å². The topological polar surface area (TPSA) is 43.2 Å². The molecule has 1 aromatic heterocycles. The molecule has 1 N–H and O–H groups in total. The summed E-state index contributed by atoms with van der Waals surface area (Å²) in [6.07, 6.45) is 3.31. The van der Waals surface area contributed by atoms with Crippen molar-refractivity contribution >= 4 is 14.5 Å².